The number of aliphatic hydroxyl groups excluding tert-OH is 1. The first-order valence-corrected chi connectivity index (χ1v) is 8.50. The number of amides is 1. The third-order valence-corrected chi connectivity index (χ3v) is 4.36. The van der Waals surface area contributed by atoms with Crippen LogP contribution >= 0.6 is 0 Å². The van der Waals surface area contributed by atoms with Crippen LogP contribution in [-0.2, 0) is 6.61 Å². The molecule has 4 heteroatoms. The number of nitrogens with one attached hydrogen (secondary N) is 1. The summed E-state index contributed by atoms with van der Waals surface area (Å²) in [6, 6.07) is 24.5. The molecule has 0 saturated heterocycles. The number of hydrogen-bond acceptors (Lipinski definition) is 3. The van der Waals surface area contributed by atoms with Crippen molar-refractivity contribution in [3.05, 3.63) is 101 Å². The summed E-state index contributed by atoms with van der Waals surface area (Å²) < 4.78 is 0. The topological polar surface area (TPSA) is 69.6 Å². The predicted molar refractivity (Wildman–Crippen MR) is 101 cm³/mol. The largest absolute Gasteiger partial charge is 0.507 e. The second-order valence-electron chi connectivity index (χ2n) is 6.09. The van der Waals surface area contributed by atoms with Gasteiger partial charge in [-0.1, -0.05) is 66.7 Å². The van der Waals surface area contributed by atoms with Crippen molar-refractivity contribution < 1.29 is 15.0 Å². The molecule has 0 heterocycles. The third kappa shape index (κ3) is 4.10. The zero-order valence-electron chi connectivity index (χ0n) is 14.3. The van der Waals surface area contributed by atoms with Gasteiger partial charge in [-0.15, -0.1) is 0 Å². The number of phenolic OH excluding ortho intramolecular Hbond substituents is 1. The first kappa shape index (κ1) is 17.7. The summed E-state index contributed by atoms with van der Waals surface area (Å²) in [5.74, 6) is -0.463. The van der Waals surface area contributed by atoms with Gasteiger partial charge >= 0.3 is 0 Å². The van der Waals surface area contributed by atoms with Crippen LogP contribution < -0.4 is 5.32 Å². The van der Waals surface area contributed by atoms with Gasteiger partial charge in [0.1, 0.15) is 5.75 Å². The molecule has 3 rings (SSSR count). The summed E-state index contributed by atoms with van der Waals surface area (Å²) in [4.78, 5) is 12.5. The van der Waals surface area contributed by atoms with Crippen molar-refractivity contribution in [2.45, 2.75) is 12.5 Å². The average Bonchev–Trinajstić information content (AvgIpc) is 2.70. The van der Waals surface area contributed by atoms with Crippen LogP contribution in [0, 0.1) is 0 Å². The molecule has 26 heavy (non-hydrogen) atoms. The highest BCUT2D eigenvalue weighted by Crippen LogP contribution is 2.24. The Bertz CT molecular complexity index is 824. The number of carbonyl (C=O) groups is 1. The number of phenols is 1. The fourth-order valence-corrected chi connectivity index (χ4v) is 2.95. The van der Waals surface area contributed by atoms with Crippen LogP contribution in [0.4, 0.5) is 0 Å². The molecule has 0 spiro atoms. The Hall–Kier alpha value is -3.11. The molecule has 1 amide bonds. The molecule has 0 aromatic heterocycles. The Kier molecular flexibility index (Phi) is 5.66. The van der Waals surface area contributed by atoms with E-state index in [9.17, 15) is 15.0 Å². The van der Waals surface area contributed by atoms with Crippen LogP contribution in [-0.4, -0.2) is 22.7 Å². The van der Waals surface area contributed by atoms with Gasteiger partial charge in [-0.25, -0.2) is 0 Å². The molecule has 0 unspecified atom stereocenters. The zero-order chi connectivity index (χ0) is 18.4. The minimum atomic E-state index is -0.366. The maximum atomic E-state index is 12.5. The van der Waals surface area contributed by atoms with Crippen LogP contribution in [0.2, 0.25) is 0 Å². The van der Waals surface area contributed by atoms with E-state index in [1.165, 1.54) is 12.1 Å². The van der Waals surface area contributed by atoms with Gasteiger partial charge in [0.05, 0.1) is 12.2 Å². The van der Waals surface area contributed by atoms with Crippen molar-refractivity contribution in [3.8, 4) is 5.75 Å². The maximum absolute atomic E-state index is 12.5. The quantitative estimate of drug-likeness (QED) is 0.640. The van der Waals surface area contributed by atoms with Gasteiger partial charge in [0.2, 0.25) is 0 Å². The normalized spacial score (nSPS) is 10.7. The van der Waals surface area contributed by atoms with Gasteiger partial charge in [-0.05, 0) is 28.8 Å². The molecule has 3 aromatic rings. The van der Waals surface area contributed by atoms with Crippen molar-refractivity contribution in [2.24, 2.45) is 0 Å². The number of carbonyl (C=O) groups excluding carboxylic acids is 1. The molecule has 0 aliphatic carbocycles. The van der Waals surface area contributed by atoms with Gasteiger partial charge in [0, 0.05) is 12.5 Å². The van der Waals surface area contributed by atoms with E-state index in [-0.39, 0.29) is 29.7 Å². The minimum Gasteiger partial charge on any atom is -0.507 e. The zero-order valence-corrected chi connectivity index (χ0v) is 14.3. The SMILES string of the molecule is O=C(NCC(c1ccccc1)c1ccccc1)c1cc(CO)ccc1O. The Balaban J connectivity index is 1.81. The Morgan fingerprint density at radius 1 is 0.885 bits per heavy atom. The van der Waals surface area contributed by atoms with Gasteiger partial charge in [0.15, 0.2) is 0 Å². The highest BCUT2D eigenvalue weighted by Gasteiger charge is 2.17. The van der Waals surface area contributed by atoms with Crippen LogP contribution in [0.25, 0.3) is 0 Å². The van der Waals surface area contributed by atoms with E-state index in [4.69, 9.17) is 0 Å². The van der Waals surface area contributed by atoms with Crippen LogP contribution in [0.3, 0.4) is 0 Å². The van der Waals surface area contributed by atoms with E-state index in [1.54, 1.807) is 6.07 Å². The summed E-state index contributed by atoms with van der Waals surface area (Å²) in [6.45, 7) is 0.215. The van der Waals surface area contributed by atoms with Crippen molar-refractivity contribution >= 4 is 5.91 Å². The van der Waals surface area contributed by atoms with E-state index < -0.39 is 0 Å². The van der Waals surface area contributed by atoms with Gasteiger partial charge in [-0.3, -0.25) is 4.79 Å². The van der Waals surface area contributed by atoms with Gasteiger partial charge in [-0.2, -0.15) is 0 Å². The number of rotatable bonds is 6. The molecule has 0 fully saturated rings. The average molecular weight is 347 g/mol. The Morgan fingerprint density at radius 2 is 1.46 bits per heavy atom. The first-order chi connectivity index (χ1) is 12.7. The Labute approximate surface area is 152 Å². The summed E-state index contributed by atoms with van der Waals surface area (Å²) in [5.41, 5.74) is 2.95. The lowest BCUT2D eigenvalue weighted by Gasteiger charge is -2.19. The smallest absolute Gasteiger partial charge is 0.255 e. The molecule has 0 saturated carbocycles. The Morgan fingerprint density at radius 3 is 2.00 bits per heavy atom. The van der Waals surface area contributed by atoms with Gasteiger partial charge in [0.25, 0.3) is 5.91 Å². The van der Waals surface area contributed by atoms with Gasteiger partial charge < -0.3 is 15.5 Å². The molecule has 3 aromatic carbocycles. The molecule has 0 radical (unpaired) electrons. The van der Waals surface area contributed by atoms with E-state index >= 15 is 0 Å². The molecule has 0 atom stereocenters. The number of hydrogen-bond donors (Lipinski definition) is 3. The predicted octanol–water partition coefficient (Wildman–Crippen LogP) is 3.45. The lowest BCUT2D eigenvalue weighted by molar-refractivity contribution is 0.0949. The number of benzene rings is 3. The highest BCUT2D eigenvalue weighted by atomic mass is 16.3. The van der Waals surface area contributed by atoms with Crippen LogP contribution in [0.15, 0.2) is 78.9 Å². The summed E-state index contributed by atoms with van der Waals surface area (Å²) >= 11 is 0. The summed E-state index contributed by atoms with van der Waals surface area (Å²) in [6.07, 6.45) is 0. The van der Waals surface area contributed by atoms with Crippen LogP contribution in [0.5, 0.6) is 5.75 Å². The van der Waals surface area contributed by atoms with Crippen LogP contribution in [0.1, 0.15) is 33.0 Å². The van der Waals surface area contributed by atoms with Crippen molar-refractivity contribution in [1.82, 2.24) is 5.32 Å². The molecular weight excluding hydrogens is 326 g/mol. The fraction of sp³-hybridized carbons (Fsp3) is 0.136. The first-order valence-electron chi connectivity index (χ1n) is 8.50. The lowest BCUT2D eigenvalue weighted by atomic mass is 9.91. The van der Waals surface area contributed by atoms with Crippen molar-refractivity contribution in [2.75, 3.05) is 6.54 Å². The molecule has 3 N–H and O–H groups in total. The fourth-order valence-electron chi connectivity index (χ4n) is 2.95. The monoisotopic (exact) mass is 347 g/mol. The maximum Gasteiger partial charge on any atom is 0.255 e. The van der Waals surface area contributed by atoms with Crippen molar-refractivity contribution in [1.29, 1.82) is 0 Å². The second kappa shape index (κ2) is 8.32. The highest BCUT2D eigenvalue weighted by molar-refractivity contribution is 5.97. The number of aromatic hydroxyl groups is 1. The second-order valence-corrected chi connectivity index (χ2v) is 6.09. The molecule has 0 aliphatic heterocycles. The minimum absolute atomic E-state index is 0.00418. The third-order valence-electron chi connectivity index (χ3n) is 4.36. The van der Waals surface area contributed by atoms with E-state index in [0.29, 0.717) is 12.1 Å². The molecular formula is C22H21NO3. The standard InChI is InChI=1S/C22H21NO3/c24-15-16-11-12-21(25)19(13-16)22(26)23-14-20(17-7-3-1-4-8-17)18-9-5-2-6-10-18/h1-13,20,24-25H,14-15H2,(H,23,26). The molecule has 4 nitrogen and oxygen atoms in total. The van der Waals surface area contributed by atoms with E-state index in [1.807, 2.05) is 60.7 Å². The summed E-state index contributed by atoms with van der Waals surface area (Å²) in [7, 11) is 0. The molecule has 132 valence electrons. The number of aliphatic hydroxyl groups is 1. The van der Waals surface area contributed by atoms with E-state index in [2.05, 4.69) is 5.32 Å². The lowest BCUT2D eigenvalue weighted by Crippen LogP contribution is -2.29. The molecule has 0 bridgehead atoms. The van der Waals surface area contributed by atoms with Crippen molar-refractivity contribution in [3.63, 3.8) is 0 Å². The molecule has 0 aliphatic rings. The summed E-state index contributed by atoms with van der Waals surface area (Å²) in [5, 5.41) is 22.1. The van der Waals surface area contributed by atoms with E-state index in [0.717, 1.165) is 11.1 Å².